The van der Waals surface area contributed by atoms with Crippen LogP contribution in [0.3, 0.4) is 0 Å². The molecule has 148 valence electrons. The highest BCUT2D eigenvalue weighted by atomic mass is 15.1. The van der Waals surface area contributed by atoms with Gasteiger partial charge in [0.05, 0.1) is 17.3 Å². The van der Waals surface area contributed by atoms with Gasteiger partial charge in [-0.05, 0) is 37.0 Å². The van der Waals surface area contributed by atoms with Crippen molar-refractivity contribution in [1.82, 2.24) is 19.5 Å². The summed E-state index contributed by atoms with van der Waals surface area (Å²) in [6.07, 6.45) is 8.41. The van der Waals surface area contributed by atoms with Crippen molar-refractivity contribution in [2.75, 3.05) is 12.4 Å². The molecule has 0 radical (unpaired) electrons. The Balaban J connectivity index is 1.60. The summed E-state index contributed by atoms with van der Waals surface area (Å²) in [6, 6.07) is 8.11. The van der Waals surface area contributed by atoms with E-state index < -0.39 is 0 Å². The maximum atomic E-state index is 8.95. The first kappa shape index (κ1) is 18.9. The lowest BCUT2D eigenvalue weighted by molar-refractivity contribution is 0.444. The van der Waals surface area contributed by atoms with Crippen molar-refractivity contribution in [3.63, 3.8) is 0 Å². The molecule has 0 spiro atoms. The standard InChI is InChI=1S/C22H25N7/c1-4-16-9-17(28-20-6-5-15(11-23)12-26-20)10-18(16)14(2)29-19-7-8-25-22(19)27-13-21(29)24-3/h5-8,12-13,16-18,25H,2,4,9-10H2,1,3H3,(H,26,28). The van der Waals surface area contributed by atoms with Gasteiger partial charge in [0.25, 0.3) is 0 Å². The van der Waals surface area contributed by atoms with Crippen molar-refractivity contribution >= 4 is 22.7 Å². The van der Waals surface area contributed by atoms with Crippen LogP contribution in [0.25, 0.3) is 16.9 Å². The minimum absolute atomic E-state index is 0.313. The lowest BCUT2D eigenvalue weighted by atomic mass is 9.91. The SMILES string of the molecule is C=C(C1CC(Nc2ccc(C#N)cn2)CC1CC)n1c(=NC)cnc2[nH]ccc21. The number of nitrogens with one attached hydrogen (secondary N) is 2. The summed E-state index contributed by atoms with van der Waals surface area (Å²) in [6.45, 7) is 6.73. The molecular formula is C22H25N7. The van der Waals surface area contributed by atoms with E-state index in [-0.39, 0.29) is 0 Å². The summed E-state index contributed by atoms with van der Waals surface area (Å²) >= 11 is 0. The second kappa shape index (κ2) is 7.92. The number of aromatic amines is 1. The van der Waals surface area contributed by atoms with Crippen molar-refractivity contribution in [2.45, 2.75) is 32.2 Å². The summed E-state index contributed by atoms with van der Waals surface area (Å²) in [5, 5.41) is 12.5. The van der Waals surface area contributed by atoms with E-state index in [4.69, 9.17) is 5.26 Å². The Morgan fingerprint density at radius 1 is 1.34 bits per heavy atom. The molecule has 2 N–H and O–H groups in total. The minimum atomic E-state index is 0.313. The Kier molecular flexibility index (Phi) is 5.17. The fourth-order valence-electron chi connectivity index (χ4n) is 4.42. The van der Waals surface area contributed by atoms with E-state index in [1.165, 1.54) is 0 Å². The number of pyridine rings is 1. The molecule has 0 bridgehead atoms. The Morgan fingerprint density at radius 2 is 2.21 bits per heavy atom. The number of hydrogen-bond acceptors (Lipinski definition) is 5. The number of nitriles is 1. The molecule has 3 unspecified atom stereocenters. The Morgan fingerprint density at radius 3 is 2.90 bits per heavy atom. The van der Waals surface area contributed by atoms with Crippen LogP contribution in [0.2, 0.25) is 0 Å². The quantitative estimate of drug-likeness (QED) is 0.700. The second-order valence-corrected chi connectivity index (χ2v) is 7.51. The molecule has 3 atom stereocenters. The van der Waals surface area contributed by atoms with Gasteiger partial charge in [-0.25, -0.2) is 9.97 Å². The summed E-state index contributed by atoms with van der Waals surface area (Å²) in [7, 11) is 1.78. The van der Waals surface area contributed by atoms with Crippen molar-refractivity contribution in [3.05, 3.63) is 54.4 Å². The van der Waals surface area contributed by atoms with Gasteiger partial charge in [-0.15, -0.1) is 0 Å². The molecule has 3 aromatic heterocycles. The van der Waals surface area contributed by atoms with E-state index in [0.29, 0.717) is 23.4 Å². The molecule has 7 nitrogen and oxygen atoms in total. The van der Waals surface area contributed by atoms with Gasteiger partial charge in [0, 0.05) is 37.1 Å². The van der Waals surface area contributed by atoms with E-state index >= 15 is 0 Å². The van der Waals surface area contributed by atoms with E-state index in [2.05, 4.69) is 49.4 Å². The van der Waals surface area contributed by atoms with Crippen molar-refractivity contribution in [3.8, 4) is 6.07 Å². The topological polar surface area (TPSA) is 94.7 Å². The zero-order valence-corrected chi connectivity index (χ0v) is 16.8. The minimum Gasteiger partial charge on any atom is -0.367 e. The monoisotopic (exact) mass is 387 g/mol. The Bertz CT molecular complexity index is 1130. The molecule has 3 aromatic rings. The number of nitrogens with zero attached hydrogens (tertiary/aromatic N) is 5. The highest BCUT2D eigenvalue weighted by Gasteiger charge is 2.36. The Labute approximate surface area is 169 Å². The summed E-state index contributed by atoms with van der Waals surface area (Å²) in [4.78, 5) is 16.4. The molecule has 0 saturated heterocycles. The third-order valence-corrected chi connectivity index (χ3v) is 5.89. The van der Waals surface area contributed by atoms with Crippen LogP contribution in [-0.2, 0) is 0 Å². The Hall–Kier alpha value is -3.40. The van der Waals surface area contributed by atoms with E-state index in [1.807, 2.05) is 18.3 Å². The lowest BCUT2D eigenvalue weighted by Gasteiger charge is -2.23. The maximum Gasteiger partial charge on any atom is 0.154 e. The van der Waals surface area contributed by atoms with Crippen LogP contribution < -0.4 is 10.8 Å². The van der Waals surface area contributed by atoms with Gasteiger partial charge in [-0.3, -0.25) is 9.56 Å². The van der Waals surface area contributed by atoms with Crippen molar-refractivity contribution < 1.29 is 0 Å². The van der Waals surface area contributed by atoms with E-state index in [1.54, 1.807) is 25.5 Å². The molecule has 0 aromatic carbocycles. The van der Waals surface area contributed by atoms with Crippen LogP contribution >= 0.6 is 0 Å². The molecule has 1 aliphatic rings. The fraction of sp³-hybridized carbons (Fsp3) is 0.364. The predicted molar refractivity (Wildman–Crippen MR) is 114 cm³/mol. The van der Waals surface area contributed by atoms with Gasteiger partial charge < -0.3 is 10.3 Å². The average molecular weight is 387 g/mol. The number of H-pyrrole nitrogens is 1. The molecule has 1 saturated carbocycles. The predicted octanol–water partition coefficient (Wildman–Crippen LogP) is 3.55. The normalized spacial score (nSPS) is 22.0. The largest absolute Gasteiger partial charge is 0.367 e. The summed E-state index contributed by atoms with van der Waals surface area (Å²) in [5.74, 6) is 1.67. The fourth-order valence-corrected chi connectivity index (χ4v) is 4.42. The van der Waals surface area contributed by atoms with Crippen LogP contribution in [0.15, 0.2) is 48.4 Å². The molecule has 4 rings (SSSR count). The number of hydrogen-bond donors (Lipinski definition) is 2. The number of aromatic nitrogens is 4. The van der Waals surface area contributed by atoms with Gasteiger partial charge in [0.1, 0.15) is 11.9 Å². The zero-order valence-electron chi connectivity index (χ0n) is 16.8. The van der Waals surface area contributed by atoms with Crippen molar-refractivity contribution in [2.24, 2.45) is 16.8 Å². The summed E-state index contributed by atoms with van der Waals surface area (Å²) in [5.41, 5.74) is 4.27. The molecule has 3 heterocycles. The third-order valence-electron chi connectivity index (χ3n) is 5.89. The second-order valence-electron chi connectivity index (χ2n) is 7.51. The first-order valence-electron chi connectivity index (χ1n) is 9.94. The van der Waals surface area contributed by atoms with Gasteiger partial charge in [0.2, 0.25) is 0 Å². The zero-order chi connectivity index (χ0) is 20.4. The molecule has 0 aliphatic heterocycles. The van der Waals surface area contributed by atoms with Crippen LogP contribution in [0.5, 0.6) is 0 Å². The first-order chi connectivity index (χ1) is 14.1. The van der Waals surface area contributed by atoms with Crippen LogP contribution in [-0.4, -0.2) is 32.6 Å². The highest BCUT2D eigenvalue weighted by Crippen LogP contribution is 2.41. The summed E-state index contributed by atoms with van der Waals surface area (Å²) < 4.78 is 2.13. The number of rotatable bonds is 5. The molecule has 1 aliphatic carbocycles. The molecular weight excluding hydrogens is 362 g/mol. The highest BCUT2D eigenvalue weighted by molar-refractivity contribution is 5.75. The molecule has 1 fully saturated rings. The maximum absolute atomic E-state index is 8.95. The van der Waals surface area contributed by atoms with Crippen molar-refractivity contribution in [1.29, 1.82) is 5.26 Å². The molecule has 0 amide bonds. The number of anilines is 1. The lowest BCUT2D eigenvalue weighted by Crippen LogP contribution is -2.25. The van der Waals surface area contributed by atoms with Crippen LogP contribution in [0, 0.1) is 23.2 Å². The first-order valence-corrected chi connectivity index (χ1v) is 9.94. The number of allylic oxidation sites excluding steroid dienone is 1. The average Bonchev–Trinajstić information content (AvgIpc) is 3.39. The van der Waals surface area contributed by atoms with Gasteiger partial charge >= 0.3 is 0 Å². The van der Waals surface area contributed by atoms with Gasteiger partial charge in [-0.1, -0.05) is 19.9 Å². The van der Waals surface area contributed by atoms with Crippen LogP contribution in [0.4, 0.5) is 5.82 Å². The smallest absolute Gasteiger partial charge is 0.154 e. The number of fused-ring (bicyclic) bond motifs is 1. The van der Waals surface area contributed by atoms with Crippen LogP contribution in [0.1, 0.15) is 31.7 Å². The van der Waals surface area contributed by atoms with Gasteiger partial charge in [0.15, 0.2) is 11.1 Å². The van der Waals surface area contributed by atoms with E-state index in [9.17, 15) is 0 Å². The third kappa shape index (κ3) is 3.54. The van der Waals surface area contributed by atoms with Gasteiger partial charge in [-0.2, -0.15) is 5.26 Å². The molecule has 7 heteroatoms. The van der Waals surface area contributed by atoms with E-state index in [0.717, 1.165) is 47.4 Å². The molecule has 29 heavy (non-hydrogen) atoms.